The molecule has 0 N–H and O–H groups in total. The van der Waals surface area contributed by atoms with Crippen LogP contribution in [0.3, 0.4) is 0 Å². The summed E-state index contributed by atoms with van der Waals surface area (Å²) in [4.78, 5) is 16.1. The summed E-state index contributed by atoms with van der Waals surface area (Å²) in [5, 5.41) is 0. The van der Waals surface area contributed by atoms with Crippen molar-refractivity contribution in [3.05, 3.63) is 17.2 Å². The fraction of sp³-hybridized carbons (Fsp3) is 0.636. The van der Waals surface area contributed by atoms with Gasteiger partial charge in [-0.2, -0.15) is 0 Å². The van der Waals surface area contributed by atoms with Crippen molar-refractivity contribution in [2.24, 2.45) is 7.05 Å². The summed E-state index contributed by atoms with van der Waals surface area (Å²) in [7, 11) is 2.05. The molecule has 0 amide bonds. The lowest BCUT2D eigenvalue weighted by atomic mass is 10.00. The molecule has 3 nitrogen and oxygen atoms in total. The van der Waals surface area contributed by atoms with E-state index in [0.29, 0.717) is 12.3 Å². The smallest absolute Gasteiger partial charge is 0.183 e. The molecule has 2 aliphatic rings. The lowest BCUT2D eigenvalue weighted by molar-refractivity contribution is 0.0967. The highest BCUT2D eigenvalue weighted by Gasteiger charge is 2.32. The molecule has 1 fully saturated rings. The summed E-state index contributed by atoms with van der Waals surface area (Å²) < 4.78 is 2.16. The summed E-state index contributed by atoms with van der Waals surface area (Å²) in [6.07, 6.45) is 5.21. The van der Waals surface area contributed by atoms with E-state index in [1.54, 1.807) is 0 Å². The van der Waals surface area contributed by atoms with Crippen molar-refractivity contribution in [2.75, 3.05) is 0 Å². The highest BCUT2D eigenvalue weighted by molar-refractivity contribution is 5.96. The van der Waals surface area contributed by atoms with Crippen LogP contribution in [0.5, 0.6) is 0 Å². The predicted octanol–water partition coefficient (Wildman–Crippen LogP) is 1.82. The van der Waals surface area contributed by atoms with Crippen molar-refractivity contribution in [3.8, 4) is 0 Å². The molecule has 0 bridgehead atoms. The van der Waals surface area contributed by atoms with E-state index in [0.717, 1.165) is 24.4 Å². The van der Waals surface area contributed by atoms with Crippen molar-refractivity contribution >= 4 is 5.78 Å². The standard InChI is InChI=1S/C11H14N2O/c1-13-8-3-2-4-9(14)10(8)12-11(13)7-5-6-7/h7H,2-6H2,1H3. The molecule has 0 unspecified atom stereocenters. The van der Waals surface area contributed by atoms with Gasteiger partial charge in [0.25, 0.3) is 0 Å². The molecule has 1 saturated carbocycles. The number of nitrogens with zero attached hydrogens (tertiary/aromatic N) is 2. The van der Waals surface area contributed by atoms with Crippen molar-refractivity contribution in [1.29, 1.82) is 0 Å². The molecule has 14 heavy (non-hydrogen) atoms. The fourth-order valence-electron chi connectivity index (χ4n) is 2.30. The first-order valence-corrected chi connectivity index (χ1v) is 5.36. The molecule has 0 radical (unpaired) electrons. The van der Waals surface area contributed by atoms with Crippen LogP contribution >= 0.6 is 0 Å². The average molecular weight is 190 g/mol. The van der Waals surface area contributed by atoms with Crippen LogP contribution in [-0.2, 0) is 13.5 Å². The van der Waals surface area contributed by atoms with Gasteiger partial charge in [-0.15, -0.1) is 0 Å². The maximum atomic E-state index is 11.6. The number of hydrogen-bond donors (Lipinski definition) is 0. The van der Waals surface area contributed by atoms with Crippen molar-refractivity contribution in [3.63, 3.8) is 0 Å². The second-order valence-corrected chi connectivity index (χ2v) is 4.38. The van der Waals surface area contributed by atoms with E-state index in [1.807, 2.05) is 0 Å². The second kappa shape index (κ2) is 2.69. The molecular weight excluding hydrogens is 176 g/mol. The van der Waals surface area contributed by atoms with Gasteiger partial charge in [-0.3, -0.25) is 4.79 Å². The summed E-state index contributed by atoms with van der Waals surface area (Å²) >= 11 is 0. The molecule has 1 heterocycles. The number of carbonyl (C=O) groups excluding carboxylic acids is 1. The zero-order valence-electron chi connectivity index (χ0n) is 8.42. The van der Waals surface area contributed by atoms with E-state index >= 15 is 0 Å². The maximum absolute atomic E-state index is 11.6. The summed E-state index contributed by atoms with van der Waals surface area (Å²) in [5.74, 6) is 2.03. The topological polar surface area (TPSA) is 34.9 Å². The molecule has 0 aliphatic heterocycles. The summed E-state index contributed by atoms with van der Waals surface area (Å²) in [6.45, 7) is 0. The molecule has 1 aromatic rings. The highest BCUT2D eigenvalue weighted by Crippen LogP contribution is 2.40. The SMILES string of the molecule is Cn1c(C2CC2)nc2c1CCCC2=O. The van der Waals surface area contributed by atoms with E-state index in [2.05, 4.69) is 16.6 Å². The Morgan fingerprint density at radius 3 is 2.79 bits per heavy atom. The van der Waals surface area contributed by atoms with Gasteiger partial charge >= 0.3 is 0 Å². The normalized spacial score (nSPS) is 21.1. The van der Waals surface area contributed by atoms with Crippen LogP contribution in [0, 0.1) is 0 Å². The van der Waals surface area contributed by atoms with Crippen LogP contribution < -0.4 is 0 Å². The molecule has 3 rings (SSSR count). The zero-order chi connectivity index (χ0) is 9.71. The largest absolute Gasteiger partial charge is 0.334 e. The van der Waals surface area contributed by atoms with Gasteiger partial charge < -0.3 is 4.57 Å². The average Bonchev–Trinajstić information content (AvgIpc) is 2.94. The Bertz CT molecular complexity index is 402. The molecule has 0 aromatic carbocycles. The van der Waals surface area contributed by atoms with Gasteiger partial charge in [-0.05, 0) is 25.7 Å². The first kappa shape index (κ1) is 8.21. The Balaban J connectivity index is 2.13. The van der Waals surface area contributed by atoms with Gasteiger partial charge in [-0.1, -0.05) is 0 Å². The van der Waals surface area contributed by atoms with E-state index in [-0.39, 0.29) is 5.78 Å². The maximum Gasteiger partial charge on any atom is 0.183 e. The predicted molar refractivity (Wildman–Crippen MR) is 52.5 cm³/mol. The number of carbonyl (C=O) groups is 1. The number of imidazole rings is 1. The molecule has 0 spiro atoms. The molecule has 74 valence electrons. The van der Waals surface area contributed by atoms with Crippen LogP contribution in [0.1, 0.15) is 53.6 Å². The minimum Gasteiger partial charge on any atom is -0.334 e. The molecule has 1 aromatic heterocycles. The number of rotatable bonds is 1. The van der Waals surface area contributed by atoms with E-state index < -0.39 is 0 Å². The van der Waals surface area contributed by atoms with Gasteiger partial charge in [-0.25, -0.2) is 4.98 Å². The quantitative estimate of drug-likeness (QED) is 0.677. The van der Waals surface area contributed by atoms with Gasteiger partial charge in [0.1, 0.15) is 11.5 Å². The summed E-state index contributed by atoms with van der Waals surface area (Å²) in [6, 6.07) is 0. The summed E-state index contributed by atoms with van der Waals surface area (Å²) in [5.41, 5.74) is 1.93. The number of ketones is 1. The van der Waals surface area contributed by atoms with Crippen molar-refractivity contribution in [2.45, 2.75) is 38.0 Å². The minimum atomic E-state index is 0.244. The highest BCUT2D eigenvalue weighted by atomic mass is 16.1. The molecule has 0 saturated heterocycles. The van der Waals surface area contributed by atoms with Crippen LogP contribution in [0.4, 0.5) is 0 Å². The number of fused-ring (bicyclic) bond motifs is 1. The Morgan fingerprint density at radius 2 is 2.14 bits per heavy atom. The van der Waals surface area contributed by atoms with Gasteiger partial charge in [0, 0.05) is 25.1 Å². The zero-order valence-corrected chi connectivity index (χ0v) is 8.42. The van der Waals surface area contributed by atoms with Crippen molar-refractivity contribution < 1.29 is 4.79 Å². The Morgan fingerprint density at radius 1 is 1.36 bits per heavy atom. The number of Topliss-reactive ketones (excluding diaryl/α,β-unsaturated/α-hetero) is 1. The molecule has 3 heteroatoms. The third-order valence-electron chi connectivity index (χ3n) is 3.27. The third-order valence-corrected chi connectivity index (χ3v) is 3.27. The Kier molecular flexibility index (Phi) is 1.58. The number of hydrogen-bond acceptors (Lipinski definition) is 2. The van der Waals surface area contributed by atoms with Crippen LogP contribution in [0.15, 0.2) is 0 Å². The fourth-order valence-corrected chi connectivity index (χ4v) is 2.30. The van der Waals surface area contributed by atoms with Crippen LogP contribution in [0.25, 0.3) is 0 Å². The first-order chi connectivity index (χ1) is 6.77. The van der Waals surface area contributed by atoms with Crippen LogP contribution in [0.2, 0.25) is 0 Å². The van der Waals surface area contributed by atoms with Gasteiger partial charge in [0.05, 0.1) is 0 Å². The lowest BCUT2D eigenvalue weighted by Crippen LogP contribution is -2.12. The van der Waals surface area contributed by atoms with E-state index in [1.165, 1.54) is 18.5 Å². The second-order valence-electron chi connectivity index (χ2n) is 4.38. The Hall–Kier alpha value is -1.12. The van der Waals surface area contributed by atoms with Crippen molar-refractivity contribution in [1.82, 2.24) is 9.55 Å². The minimum absolute atomic E-state index is 0.244. The molecule has 2 aliphatic carbocycles. The van der Waals surface area contributed by atoms with E-state index in [9.17, 15) is 4.79 Å². The first-order valence-electron chi connectivity index (χ1n) is 5.36. The van der Waals surface area contributed by atoms with Gasteiger partial charge in [0.15, 0.2) is 5.78 Å². The third kappa shape index (κ3) is 1.04. The number of aromatic nitrogens is 2. The van der Waals surface area contributed by atoms with E-state index in [4.69, 9.17) is 0 Å². The van der Waals surface area contributed by atoms with Crippen LogP contribution in [-0.4, -0.2) is 15.3 Å². The lowest BCUT2D eigenvalue weighted by Gasteiger charge is -2.10. The molecule has 0 atom stereocenters. The Labute approximate surface area is 83.1 Å². The monoisotopic (exact) mass is 190 g/mol. The van der Waals surface area contributed by atoms with Gasteiger partial charge in [0.2, 0.25) is 0 Å². The molecular formula is C11H14N2O.